The van der Waals surface area contributed by atoms with Crippen LogP contribution in [0.25, 0.3) is 10.8 Å². The van der Waals surface area contributed by atoms with Gasteiger partial charge < -0.3 is 5.73 Å². The number of nitrogens with zero attached hydrogens (tertiary/aromatic N) is 3. The number of halogens is 2. The number of thioether (sulfide) groups is 1. The van der Waals surface area contributed by atoms with Crippen LogP contribution < -0.4 is 5.73 Å². The van der Waals surface area contributed by atoms with E-state index < -0.39 is 11.6 Å². The molecule has 0 radical (unpaired) electrons. The summed E-state index contributed by atoms with van der Waals surface area (Å²) in [6.07, 6.45) is 4.00. The molecule has 2 aromatic carbocycles. The van der Waals surface area contributed by atoms with Crippen LogP contribution in [0.1, 0.15) is 11.1 Å². The molecule has 0 unspecified atom stereocenters. The number of aromatic nitrogens is 1. The van der Waals surface area contributed by atoms with Crippen molar-refractivity contribution < 1.29 is 8.78 Å². The van der Waals surface area contributed by atoms with Crippen LogP contribution in [0.2, 0.25) is 0 Å². The van der Waals surface area contributed by atoms with Gasteiger partial charge >= 0.3 is 0 Å². The Bertz CT molecular complexity index is 988. The van der Waals surface area contributed by atoms with Gasteiger partial charge in [-0.2, -0.15) is 5.10 Å². The zero-order valence-electron chi connectivity index (χ0n) is 14.5. The highest BCUT2D eigenvalue weighted by atomic mass is 32.2. The van der Waals surface area contributed by atoms with Crippen LogP contribution in [-0.2, 0) is 6.42 Å². The Hall–Kier alpha value is -2.51. The van der Waals surface area contributed by atoms with Gasteiger partial charge in [-0.1, -0.05) is 23.9 Å². The Labute approximate surface area is 160 Å². The maximum Gasteiger partial charge on any atom is 0.126 e. The largest absolute Gasteiger partial charge is 0.326 e. The number of nitrogens with two attached hydrogens (primary N) is 1. The maximum atomic E-state index is 13.3. The monoisotopic (exact) mass is 384 g/mol. The molecule has 0 saturated heterocycles. The molecule has 1 atom stereocenters. The molecule has 2 heterocycles. The standard InChI is InChI=1S/C20H18F2N4S/c21-17-5-13(6-18(22)9-17)7-19(23)11-26-12-27-20(25-26)15-1-2-16-10-24-4-3-14(16)8-15/h1-6,8-10,19H,7,11-12,23H2/t19-/m0/s1. The van der Waals surface area contributed by atoms with Gasteiger partial charge in [-0.15, -0.1) is 0 Å². The third-order valence-electron chi connectivity index (χ3n) is 4.34. The fraction of sp³-hybridized carbons (Fsp3) is 0.200. The third-order valence-corrected chi connectivity index (χ3v) is 5.35. The Morgan fingerprint density at radius 2 is 1.89 bits per heavy atom. The summed E-state index contributed by atoms with van der Waals surface area (Å²) < 4.78 is 26.6. The lowest BCUT2D eigenvalue weighted by Crippen LogP contribution is -2.35. The first-order valence-electron chi connectivity index (χ1n) is 8.58. The summed E-state index contributed by atoms with van der Waals surface area (Å²) in [6, 6.07) is 11.4. The molecule has 0 saturated carbocycles. The van der Waals surface area contributed by atoms with Crippen molar-refractivity contribution >= 4 is 27.6 Å². The van der Waals surface area contributed by atoms with Gasteiger partial charge in [0.15, 0.2) is 0 Å². The minimum Gasteiger partial charge on any atom is -0.326 e. The molecule has 1 aliphatic heterocycles. The minimum absolute atomic E-state index is 0.266. The summed E-state index contributed by atoms with van der Waals surface area (Å²) in [5.41, 5.74) is 7.78. The van der Waals surface area contributed by atoms with Crippen LogP contribution in [-0.4, -0.2) is 33.5 Å². The second-order valence-electron chi connectivity index (χ2n) is 6.55. The van der Waals surface area contributed by atoms with E-state index in [4.69, 9.17) is 5.73 Å². The Morgan fingerprint density at radius 1 is 1.07 bits per heavy atom. The van der Waals surface area contributed by atoms with Crippen LogP contribution >= 0.6 is 11.8 Å². The summed E-state index contributed by atoms with van der Waals surface area (Å²) in [5, 5.41) is 9.70. The zero-order chi connectivity index (χ0) is 18.8. The first kappa shape index (κ1) is 17.9. The maximum absolute atomic E-state index is 13.3. The second kappa shape index (κ2) is 7.62. The van der Waals surface area contributed by atoms with Crippen LogP contribution in [0.5, 0.6) is 0 Å². The average Bonchev–Trinajstić information content (AvgIpc) is 3.08. The van der Waals surface area contributed by atoms with Gasteiger partial charge in [0.2, 0.25) is 0 Å². The first-order chi connectivity index (χ1) is 13.1. The van der Waals surface area contributed by atoms with Crippen molar-refractivity contribution in [3.05, 3.63) is 77.6 Å². The van der Waals surface area contributed by atoms with Gasteiger partial charge in [0.1, 0.15) is 16.7 Å². The Balaban J connectivity index is 1.43. The molecule has 2 N–H and O–H groups in total. The van der Waals surface area contributed by atoms with Gasteiger partial charge in [-0.05, 0) is 41.6 Å². The van der Waals surface area contributed by atoms with Crippen molar-refractivity contribution in [3.63, 3.8) is 0 Å². The van der Waals surface area contributed by atoms with E-state index in [0.717, 1.165) is 27.4 Å². The summed E-state index contributed by atoms with van der Waals surface area (Å²) in [5.74, 6) is -0.462. The van der Waals surface area contributed by atoms with Crippen molar-refractivity contribution in [2.45, 2.75) is 12.5 Å². The third kappa shape index (κ3) is 4.26. The molecule has 7 heteroatoms. The van der Waals surface area contributed by atoms with Gasteiger partial charge in [-0.3, -0.25) is 9.99 Å². The van der Waals surface area contributed by atoms with Crippen molar-refractivity contribution in [2.24, 2.45) is 10.8 Å². The highest BCUT2D eigenvalue weighted by Gasteiger charge is 2.19. The number of hydrazone groups is 1. The number of fused-ring (bicyclic) bond motifs is 1. The molecular weight excluding hydrogens is 366 g/mol. The van der Waals surface area contributed by atoms with Crippen molar-refractivity contribution in [3.8, 4) is 0 Å². The molecule has 1 aromatic heterocycles. The fourth-order valence-corrected chi connectivity index (χ4v) is 4.04. The van der Waals surface area contributed by atoms with E-state index in [2.05, 4.69) is 16.2 Å². The van der Waals surface area contributed by atoms with Crippen LogP contribution in [0, 0.1) is 11.6 Å². The van der Waals surface area contributed by atoms with E-state index in [1.54, 1.807) is 18.0 Å². The van der Waals surface area contributed by atoms with Crippen molar-refractivity contribution in [1.29, 1.82) is 0 Å². The van der Waals surface area contributed by atoms with E-state index >= 15 is 0 Å². The second-order valence-corrected chi connectivity index (χ2v) is 7.48. The topological polar surface area (TPSA) is 54.5 Å². The van der Waals surface area contributed by atoms with Gasteiger partial charge in [0, 0.05) is 35.5 Å². The number of hydrogen-bond acceptors (Lipinski definition) is 5. The van der Waals surface area contributed by atoms with Gasteiger partial charge in [0.05, 0.1) is 12.4 Å². The molecule has 138 valence electrons. The molecule has 0 aliphatic carbocycles. The summed E-state index contributed by atoms with van der Waals surface area (Å²) in [7, 11) is 0. The summed E-state index contributed by atoms with van der Waals surface area (Å²) >= 11 is 1.65. The number of pyridine rings is 1. The molecule has 27 heavy (non-hydrogen) atoms. The lowest BCUT2D eigenvalue weighted by atomic mass is 10.1. The first-order valence-corrected chi connectivity index (χ1v) is 9.56. The van der Waals surface area contributed by atoms with Crippen LogP contribution in [0.15, 0.2) is 60.0 Å². The van der Waals surface area contributed by atoms with Crippen LogP contribution in [0.4, 0.5) is 8.78 Å². The molecule has 4 rings (SSSR count). The van der Waals surface area contributed by atoms with E-state index in [-0.39, 0.29) is 6.04 Å². The van der Waals surface area contributed by atoms with E-state index in [0.29, 0.717) is 24.4 Å². The summed E-state index contributed by atoms with van der Waals surface area (Å²) in [6.45, 7) is 0.520. The molecule has 0 spiro atoms. The van der Waals surface area contributed by atoms with Crippen LogP contribution in [0.3, 0.4) is 0 Å². The minimum atomic E-state index is -0.583. The number of hydrogen-bond donors (Lipinski definition) is 1. The van der Waals surface area contributed by atoms with Crippen molar-refractivity contribution in [2.75, 3.05) is 12.4 Å². The molecule has 0 amide bonds. The normalized spacial score (nSPS) is 15.2. The molecule has 1 aliphatic rings. The number of rotatable bonds is 5. The van der Waals surface area contributed by atoms with E-state index in [9.17, 15) is 8.78 Å². The molecule has 4 nitrogen and oxygen atoms in total. The zero-order valence-corrected chi connectivity index (χ0v) is 15.3. The summed E-state index contributed by atoms with van der Waals surface area (Å²) in [4.78, 5) is 4.13. The Kier molecular flexibility index (Phi) is 5.05. The van der Waals surface area contributed by atoms with E-state index in [1.165, 1.54) is 12.1 Å². The number of benzene rings is 2. The highest BCUT2D eigenvalue weighted by molar-refractivity contribution is 8.14. The van der Waals surface area contributed by atoms with Crippen molar-refractivity contribution in [1.82, 2.24) is 9.99 Å². The highest BCUT2D eigenvalue weighted by Crippen LogP contribution is 2.25. The smallest absolute Gasteiger partial charge is 0.126 e. The predicted molar refractivity (Wildman–Crippen MR) is 105 cm³/mol. The lowest BCUT2D eigenvalue weighted by Gasteiger charge is -2.18. The van der Waals surface area contributed by atoms with E-state index in [1.807, 2.05) is 29.4 Å². The molecule has 0 bridgehead atoms. The molecular formula is C20H18F2N4S. The molecule has 3 aromatic rings. The van der Waals surface area contributed by atoms with Gasteiger partial charge in [0.25, 0.3) is 0 Å². The predicted octanol–water partition coefficient (Wildman–Crippen LogP) is 3.75. The lowest BCUT2D eigenvalue weighted by molar-refractivity contribution is 0.319. The molecule has 0 fully saturated rings. The Morgan fingerprint density at radius 3 is 2.70 bits per heavy atom. The average molecular weight is 384 g/mol. The quantitative estimate of drug-likeness (QED) is 0.728. The fourth-order valence-electron chi connectivity index (χ4n) is 3.14. The van der Waals surface area contributed by atoms with Gasteiger partial charge in [-0.25, -0.2) is 8.78 Å². The SMILES string of the molecule is N[C@@H](Cc1cc(F)cc(F)c1)CN1CSC(c2ccc3cnccc3c2)=N1.